The average Bonchev–Trinajstić information content (AvgIpc) is 4.08. The van der Waals surface area contributed by atoms with Crippen molar-refractivity contribution in [3.8, 4) is 11.4 Å². The van der Waals surface area contributed by atoms with E-state index in [9.17, 15) is 0 Å². The Morgan fingerprint density at radius 1 is 0.437 bits per heavy atom. The molecule has 340 valence electrons. The quantitative estimate of drug-likeness (QED) is 0.144. The molecular formula is C66H51N5. The molecule has 0 spiro atoms. The van der Waals surface area contributed by atoms with Crippen LogP contribution < -0.4 is 20.4 Å². The number of allylic oxidation sites excluding steroid dienone is 5. The molecule has 0 saturated carbocycles. The van der Waals surface area contributed by atoms with Crippen LogP contribution in [-0.2, 0) is 6.42 Å². The van der Waals surface area contributed by atoms with Crippen LogP contribution in [0.25, 0.3) is 78.9 Å². The zero-order chi connectivity index (χ0) is 46.8. The third kappa shape index (κ3) is 6.83. The summed E-state index contributed by atoms with van der Waals surface area (Å²) in [6.07, 6.45) is 21.4. The molecule has 0 fully saturated rings. The fourth-order valence-corrected chi connectivity index (χ4v) is 11.9. The van der Waals surface area contributed by atoms with Gasteiger partial charge in [-0.1, -0.05) is 127 Å². The molecule has 3 aromatic heterocycles. The molecule has 14 rings (SSSR count). The number of nitrogens with zero attached hydrogens (tertiary/aromatic N) is 5. The van der Waals surface area contributed by atoms with Crippen molar-refractivity contribution in [2.75, 3.05) is 9.80 Å². The number of aromatic nitrogens is 3. The van der Waals surface area contributed by atoms with Gasteiger partial charge in [0.2, 0.25) is 0 Å². The molecule has 0 aliphatic heterocycles. The first kappa shape index (κ1) is 41.2. The molecule has 3 aliphatic carbocycles. The average molecular weight is 914 g/mol. The molecule has 3 heterocycles. The number of para-hydroxylation sites is 5. The van der Waals surface area contributed by atoms with Crippen molar-refractivity contribution in [1.29, 1.82) is 0 Å². The molecule has 0 bridgehead atoms. The molecule has 1 unspecified atom stereocenters. The third-order valence-corrected chi connectivity index (χ3v) is 15.0. The van der Waals surface area contributed by atoms with Crippen LogP contribution in [0.5, 0.6) is 0 Å². The zero-order valence-corrected chi connectivity index (χ0v) is 39.4. The van der Waals surface area contributed by atoms with Gasteiger partial charge in [0.25, 0.3) is 0 Å². The Bertz CT molecular complexity index is 4080. The van der Waals surface area contributed by atoms with Crippen molar-refractivity contribution in [3.05, 3.63) is 246 Å². The number of fused-ring (bicyclic) bond motifs is 9. The second kappa shape index (κ2) is 17.0. The molecule has 0 saturated heterocycles. The maximum Gasteiger partial charge on any atom is 0.0567 e. The summed E-state index contributed by atoms with van der Waals surface area (Å²) in [7, 11) is 0. The van der Waals surface area contributed by atoms with Crippen molar-refractivity contribution >= 4 is 96.0 Å². The van der Waals surface area contributed by atoms with E-state index in [0.29, 0.717) is 0 Å². The molecule has 1 atom stereocenters. The molecule has 5 nitrogen and oxygen atoms in total. The van der Waals surface area contributed by atoms with Gasteiger partial charge < -0.3 is 23.5 Å². The number of rotatable bonds is 9. The van der Waals surface area contributed by atoms with Gasteiger partial charge in [0, 0.05) is 88.9 Å². The van der Waals surface area contributed by atoms with Gasteiger partial charge in [-0.25, -0.2) is 0 Å². The van der Waals surface area contributed by atoms with Gasteiger partial charge in [-0.05, 0) is 147 Å². The Balaban J connectivity index is 0.960. The van der Waals surface area contributed by atoms with Gasteiger partial charge in [0.15, 0.2) is 0 Å². The lowest BCUT2D eigenvalue weighted by atomic mass is 10.0. The minimum atomic E-state index is 0.0771. The van der Waals surface area contributed by atoms with E-state index >= 15 is 0 Å². The smallest absolute Gasteiger partial charge is 0.0567 e. The number of hydrogen-bond donors (Lipinski definition) is 0. The maximum absolute atomic E-state index is 2.56. The minimum Gasteiger partial charge on any atom is -0.334 e. The van der Waals surface area contributed by atoms with Crippen molar-refractivity contribution in [1.82, 2.24) is 13.7 Å². The van der Waals surface area contributed by atoms with Crippen LogP contribution in [0.4, 0.5) is 28.4 Å². The summed E-state index contributed by atoms with van der Waals surface area (Å²) in [5.74, 6) is 0. The number of hydrogen-bond acceptors (Lipinski definition) is 2. The second-order valence-corrected chi connectivity index (χ2v) is 19.1. The van der Waals surface area contributed by atoms with E-state index in [1.165, 1.54) is 93.9 Å². The zero-order valence-electron chi connectivity index (χ0n) is 39.4. The van der Waals surface area contributed by atoms with Gasteiger partial charge >= 0.3 is 0 Å². The predicted molar refractivity (Wildman–Crippen MR) is 299 cm³/mol. The van der Waals surface area contributed by atoms with Crippen molar-refractivity contribution in [2.24, 2.45) is 0 Å². The summed E-state index contributed by atoms with van der Waals surface area (Å²) in [6.45, 7) is 0. The first-order valence-electron chi connectivity index (χ1n) is 25.2. The van der Waals surface area contributed by atoms with Gasteiger partial charge in [0.05, 0.1) is 28.1 Å². The van der Waals surface area contributed by atoms with Crippen LogP contribution in [0.1, 0.15) is 36.9 Å². The lowest BCUT2D eigenvalue weighted by Crippen LogP contribution is -2.39. The lowest BCUT2D eigenvalue weighted by Gasteiger charge is -2.33. The summed E-state index contributed by atoms with van der Waals surface area (Å²) in [6, 6.07) is 73.8. The van der Waals surface area contributed by atoms with Crippen LogP contribution in [-0.4, -0.2) is 19.7 Å². The summed E-state index contributed by atoms with van der Waals surface area (Å²) in [5, 5.41) is 7.55. The van der Waals surface area contributed by atoms with Crippen LogP contribution in [0.2, 0.25) is 0 Å². The topological polar surface area (TPSA) is 21.3 Å². The Hall–Kier alpha value is -8.80. The maximum atomic E-state index is 2.56. The normalized spacial score (nSPS) is 15.1. The Labute approximate surface area is 413 Å². The van der Waals surface area contributed by atoms with Crippen molar-refractivity contribution in [2.45, 2.75) is 38.1 Å². The fourth-order valence-electron chi connectivity index (χ4n) is 11.9. The van der Waals surface area contributed by atoms with Crippen LogP contribution in [0, 0.1) is 0 Å². The Kier molecular flexibility index (Phi) is 9.87. The number of benzene rings is 8. The number of anilines is 5. The largest absolute Gasteiger partial charge is 0.334 e. The SMILES string of the molecule is C1=CCCC(n2c3ccc(N(c4ccccc4)c4ccc5c(c4)c4c(n5-c5ccccc5)CCC=C4)cc3c3cc(N(c4ccccc4)C4C=c5c(n(-c6ccccc6)c6ccccc56)=CC4)ccc32)=C1. The molecule has 3 aliphatic rings. The molecule has 71 heavy (non-hydrogen) atoms. The van der Waals surface area contributed by atoms with E-state index in [1.54, 1.807) is 0 Å². The molecule has 8 aromatic carbocycles. The van der Waals surface area contributed by atoms with Gasteiger partial charge in [-0.15, -0.1) is 0 Å². The molecule has 11 aromatic rings. The van der Waals surface area contributed by atoms with E-state index in [-0.39, 0.29) is 6.04 Å². The monoisotopic (exact) mass is 913 g/mol. The molecule has 0 radical (unpaired) electrons. The van der Waals surface area contributed by atoms with E-state index in [1.807, 2.05) is 0 Å². The molecule has 0 amide bonds. The first-order valence-corrected chi connectivity index (χ1v) is 25.2. The van der Waals surface area contributed by atoms with E-state index in [0.717, 1.165) is 49.2 Å². The summed E-state index contributed by atoms with van der Waals surface area (Å²) in [4.78, 5) is 5.01. The van der Waals surface area contributed by atoms with Crippen LogP contribution >= 0.6 is 0 Å². The third-order valence-electron chi connectivity index (χ3n) is 15.0. The van der Waals surface area contributed by atoms with Gasteiger partial charge in [-0.3, -0.25) is 0 Å². The van der Waals surface area contributed by atoms with Gasteiger partial charge in [-0.2, -0.15) is 0 Å². The minimum absolute atomic E-state index is 0.0771. The van der Waals surface area contributed by atoms with Crippen molar-refractivity contribution < 1.29 is 0 Å². The molecule has 5 heteroatoms. The lowest BCUT2D eigenvalue weighted by molar-refractivity contribution is 0.832. The Morgan fingerprint density at radius 2 is 1.00 bits per heavy atom. The van der Waals surface area contributed by atoms with Crippen LogP contribution in [0.15, 0.2) is 224 Å². The highest BCUT2D eigenvalue weighted by Crippen LogP contribution is 2.44. The van der Waals surface area contributed by atoms with Crippen LogP contribution in [0.3, 0.4) is 0 Å². The summed E-state index contributed by atoms with van der Waals surface area (Å²) < 4.78 is 7.42. The predicted octanol–water partition coefficient (Wildman–Crippen LogP) is 15.5. The van der Waals surface area contributed by atoms with Gasteiger partial charge in [0.1, 0.15) is 0 Å². The highest BCUT2D eigenvalue weighted by molar-refractivity contribution is 6.13. The summed E-state index contributed by atoms with van der Waals surface area (Å²) >= 11 is 0. The highest BCUT2D eigenvalue weighted by Gasteiger charge is 2.26. The van der Waals surface area contributed by atoms with E-state index < -0.39 is 0 Å². The Morgan fingerprint density at radius 3 is 1.69 bits per heavy atom. The first-order chi connectivity index (χ1) is 35.2. The highest BCUT2D eigenvalue weighted by atomic mass is 15.2. The van der Waals surface area contributed by atoms with E-state index in [2.05, 4.69) is 266 Å². The van der Waals surface area contributed by atoms with E-state index in [4.69, 9.17) is 0 Å². The molecule has 0 N–H and O–H groups in total. The summed E-state index contributed by atoms with van der Waals surface area (Å²) in [5.41, 5.74) is 17.0. The fraction of sp³-hybridized carbons (Fsp3) is 0.0909. The van der Waals surface area contributed by atoms with Crippen molar-refractivity contribution in [3.63, 3.8) is 0 Å². The second-order valence-electron chi connectivity index (χ2n) is 19.1. The molecular weight excluding hydrogens is 863 g/mol. The standard InChI is InChI=1S/C66H51N5/c1-6-20-46(21-7-1)67(51-34-38-63-57(42-51)55-30-16-18-32-61(55)69(63)48-24-10-3-11-25-48)53-36-40-65-59(44-53)60-45-54(37-41-66(60)71(65)50-28-14-5-15-29-50)68(47-22-8-2-9-23-47)52-35-39-64-58(43-52)56-31-17-19-33-62(56)70(64)49-26-12-4-13-27-49/h1-14,16-18,20-28,30-32,35-45,51H,15,19,29,33-34H2.